The van der Waals surface area contributed by atoms with Gasteiger partial charge >= 0.3 is 0 Å². The Morgan fingerprint density at radius 2 is 1.76 bits per heavy atom. The number of aromatic nitrogens is 4. The summed E-state index contributed by atoms with van der Waals surface area (Å²) >= 11 is 6.26. The normalized spacial score (nSPS) is 11.8. The van der Waals surface area contributed by atoms with E-state index < -0.39 is 0 Å². The van der Waals surface area contributed by atoms with E-state index in [-0.39, 0.29) is 16.7 Å². The molecule has 7 heteroatoms. The summed E-state index contributed by atoms with van der Waals surface area (Å²) < 4.78 is 18.1. The first-order valence-corrected chi connectivity index (χ1v) is 7.76. The first-order chi connectivity index (χ1) is 12.2. The number of fused-ring (bicyclic) bond motifs is 1. The molecule has 0 unspecified atom stereocenters. The minimum atomic E-state index is -0.333. The Morgan fingerprint density at radius 1 is 1.00 bits per heavy atom. The van der Waals surface area contributed by atoms with Crippen LogP contribution in [0, 0.1) is 5.82 Å². The summed E-state index contributed by atoms with van der Waals surface area (Å²) in [6.07, 6.45) is 3.21. The zero-order valence-electron chi connectivity index (χ0n) is 12.7. The van der Waals surface area contributed by atoms with E-state index >= 15 is 0 Å². The maximum Gasteiger partial charge on any atom is 0.269 e. The highest BCUT2D eigenvalue weighted by Gasteiger charge is 2.12. The first kappa shape index (κ1) is 15.4. The van der Waals surface area contributed by atoms with E-state index in [4.69, 9.17) is 16.1 Å². The number of halogens is 2. The number of hydrogen-bond donors (Lipinski definition) is 0. The van der Waals surface area contributed by atoms with Crippen LogP contribution in [0.1, 0.15) is 11.6 Å². The van der Waals surface area contributed by atoms with E-state index in [1.807, 2.05) is 24.3 Å². The minimum absolute atomic E-state index is 0.149. The van der Waals surface area contributed by atoms with E-state index in [1.54, 1.807) is 24.4 Å². The SMILES string of the molecule is Fc1ccc(-c2noc(/C(Cl)=C/c3cnc4ccccc4n3)n2)cc1. The third-order valence-electron chi connectivity index (χ3n) is 3.47. The highest BCUT2D eigenvalue weighted by atomic mass is 35.5. The second-order valence-corrected chi connectivity index (χ2v) is 5.61. The zero-order valence-corrected chi connectivity index (χ0v) is 13.5. The predicted octanol–water partition coefficient (Wildman–Crippen LogP) is 4.56. The largest absolute Gasteiger partial charge is 0.333 e. The van der Waals surface area contributed by atoms with Crippen LogP contribution in [0.25, 0.3) is 33.5 Å². The smallest absolute Gasteiger partial charge is 0.269 e. The number of hydrogen-bond acceptors (Lipinski definition) is 5. The van der Waals surface area contributed by atoms with Gasteiger partial charge in [-0.1, -0.05) is 28.9 Å². The maximum absolute atomic E-state index is 13.0. The molecular formula is C18H10ClFN4O. The van der Waals surface area contributed by atoms with E-state index in [1.165, 1.54) is 12.1 Å². The van der Waals surface area contributed by atoms with Crippen molar-refractivity contribution in [3.8, 4) is 11.4 Å². The fourth-order valence-electron chi connectivity index (χ4n) is 2.27. The topological polar surface area (TPSA) is 64.7 Å². The molecule has 0 aliphatic rings. The molecule has 0 saturated carbocycles. The van der Waals surface area contributed by atoms with Gasteiger partial charge < -0.3 is 4.52 Å². The van der Waals surface area contributed by atoms with Crippen molar-refractivity contribution in [2.75, 3.05) is 0 Å². The van der Waals surface area contributed by atoms with Gasteiger partial charge in [-0.25, -0.2) is 9.37 Å². The molecule has 2 heterocycles. The molecule has 0 amide bonds. The number of para-hydroxylation sites is 2. The van der Waals surface area contributed by atoms with Gasteiger partial charge in [0.05, 0.1) is 22.9 Å². The maximum atomic E-state index is 13.0. The molecule has 2 aromatic heterocycles. The van der Waals surface area contributed by atoms with E-state index in [0.717, 1.165) is 11.0 Å². The molecule has 0 N–H and O–H groups in total. The highest BCUT2D eigenvalue weighted by Crippen LogP contribution is 2.24. The summed E-state index contributed by atoms with van der Waals surface area (Å²) in [4.78, 5) is 13.0. The Morgan fingerprint density at radius 3 is 2.56 bits per heavy atom. The van der Waals surface area contributed by atoms with Crippen LogP contribution in [-0.2, 0) is 0 Å². The first-order valence-electron chi connectivity index (χ1n) is 7.38. The van der Waals surface area contributed by atoms with E-state index in [0.29, 0.717) is 17.1 Å². The van der Waals surface area contributed by atoms with Gasteiger partial charge in [-0.2, -0.15) is 4.98 Å². The Bertz CT molecular complexity index is 1080. The molecule has 0 fully saturated rings. The van der Waals surface area contributed by atoms with Crippen LogP contribution in [0.15, 0.2) is 59.3 Å². The third-order valence-corrected chi connectivity index (χ3v) is 3.75. The van der Waals surface area contributed by atoms with E-state index in [9.17, 15) is 4.39 Å². The van der Waals surface area contributed by atoms with Crippen molar-refractivity contribution < 1.29 is 8.91 Å². The Kier molecular flexibility index (Phi) is 3.95. The molecule has 4 rings (SSSR count). The summed E-state index contributed by atoms with van der Waals surface area (Å²) in [5.74, 6) is 0.141. The van der Waals surface area contributed by atoms with Crippen molar-refractivity contribution in [2.45, 2.75) is 0 Å². The Balaban J connectivity index is 1.64. The lowest BCUT2D eigenvalue weighted by Crippen LogP contribution is -1.87. The molecule has 0 aliphatic heterocycles. The molecule has 25 heavy (non-hydrogen) atoms. The molecule has 122 valence electrons. The van der Waals surface area contributed by atoms with Crippen LogP contribution in [0.4, 0.5) is 4.39 Å². The fraction of sp³-hybridized carbons (Fsp3) is 0. The Hall–Kier alpha value is -3.12. The molecule has 0 spiro atoms. The van der Waals surface area contributed by atoms with Crippen LogP contribution in [0.3, 0.4) is 0 Å². The van der Waals surface area contributed by atoms with Gasteiger partial charge in [0, 0.05) is 5.56 Å². The molecule has 0 atom stereocenters. The summed E-state index contributed by atoms with van der Waals surface area (Å²) in [5, 5.41) is 4.10. The average Bonchev–Trinajstić information content (AvgIpc) is 3.12. The summed E-state index contributed by atoms with van der Waals surface area (Å²) in [7, 11) is 0. The Labute approximate surface area is 146 Å². The van der Waals surface area contributed by atoms with Gasteiger partial charge in [-0.3, -0.25) is 4.98 Å². The van der Waals surface area contributed by atoms with Gasteiger partial charge in [-0.15, -0.1) is 0 Å². The van der Waals surface area contributed by atoms with Crippen molar-refractivity contribution in [3.05, 3.63) is 72.1 Å². The third kappa shape index (κ3) is 3.25. The predicted molar refractivity (Wildman–Crippen MR) is 93.0 cm³/mol. The molecule has 2 aromatic carbocycles. The van der Waals surface area contributed by atoms with Crippen LogP contribution >= 0.6 is 11.6 Å². The van der Waals surface area contributed by atoms with Crippen molar-refractivity contribution in [3.63, 3.8) is 0 Å². The van der Waals surface area contributed by atoms with Gasteiger partial charge in [0.25, 0.3) is 5.89 Å². The lowest BCUT2D eigenvalue weighted by atomic mass is 10.2. The van der Waals surface area contributed by atoms with Crippen LogP contribution in [0.2, 0.25) is 0 Å². The minimum Gasteiger partial charge on any atom is -0.333 e. The van der Waals surface area contributed by atoms with Crippen LogP contribution in [-0.4, -0.2) is 20.1 Å². The van der Waals surface area contributed by atoms with Crippen molar-refractivity contribution >= 4 is 33.7 Å². The fourth-order valence-corrected chi connectivity index (χ4v) is 2.46. The molecule has 0 bridgehead atoms. The van der Waals surface area contributed by atoms with E-state index in [2.05, 4.69) is 20.1 Å². The number of nitrogens with zero attached hydrogens (tertiary/aromatic N) is 4. The van der Waals surface area contributed by atoms with Crippen LogP contribution in [0.5, 0.6) is 0 Å². The average molecular weight is 353 g/mol. The molecule has 0 radical (unpaired) electrons. The second-order valence-electron chi connectivity index (χ2n) is 5.21. The summed E-state index contributed by atoms with van der Waals surface area (Å²) in [6, 6.07) is 13.3. The lowest BCUT2D eigenvalue weighted by molar-refractivity contribution is 0.410. The van der Waals surface area contributed by atoms with Gasteiger partial charge in [0.2, 0.25) is 5.82 Å². The van der Waals surface area contributed by atoms with Gasteiger partial charge in [-0.05, 0) is 42.5 Å². The standard InChI is InChI=1S/C18H10ClFN4O/c19-14(9-13-10-21-15-3-1-2-4-16(15)22-13)18-23-17(24-25-18)11-5-7-12(20)8-6-11/h1-10H/b14-9-. The van der Waals surface area contributed by atoms with Gasteiger partial charge in [0.15, 0.2) is 0 Å². The van der Waals surface area contributed by atoms with Gasteiger partial charge in [0.1, 0.15) is 10.8 Å². The van der Waals surface area contributed by atoms with Crippen molar-refractivity contribution in [1.82, 2.24) is 20.1 Å². The highest BCUT2D eigenvalue weighted by molar-refractivity contribution is 6.50. The zero-order chi connectivity index (χ0) is 17.2. The quantitative estimate of drug-likeness (QED) is 0.541. The van der Waals surface area contributed by atoms with Crippen molar-refractivity contribution in [2.24, 2.45) is 0 Å². The monoisotopic (exact) mass is 352 g/mol. The molecule has 4 aromatic rings. The summed E-state index contributed by atoms with van der Waals surface area (Å²) in [6.45, 7) is 0. The van der Waals surface area contributed by atoms with Crippen molar-refractivity contribution in [1.29, 1.82) is 0 Å². The molecular weight excluding hydrogens is 343 g/mol. The molecule has 0 aliphatic carbocycles. The number of rotatable bonds is 3. The summed E-state index contributed by atoms with van der Waals surface area (Å²) in [5.41, 5.74) is 2.77. The molecule has 0 saturated heterocycles. The second kappa shape index (κ2) is 6.41. The molecule has 5 nitrogen and oxygen atoms in total. The lowest BCUT2D eigenvalue weighted by Gasteiger charge is -1.98. The van der Waals surface area contributed by atoms with Crippen LogP contribution < -0.4 is 0 Å². The number of benzene rings is 2.